The Hall–Kier alpha value is -2.11. The number of aryl methyl sites for hydroxylation is 1. The highest BCUT2D eigenvalue weighted by molar-refractivity contribution is 5.49. The summed E-state index contributed by atoms with van der Waals surface area (Å²) in [5.41, 5.74) is 0.874. The Kier molecular flexibility index (Phi) is 1.81. The van der Waals surface area contributed by atoms with Gasteiger partial charge in [0.25, 0.3) is 0 Å². The van der Waals surface area contributed by atoms with Crippen molar-refractivity contribution in [2.24, 2.45) is 0 Å². The Morgan fingerprint density at radius 3 is 2.86 bits per heavy atom. The van der Waals surface area contributed by atoms with Gasteiger partial charge in [-0.25, -0.2) is 4.98 Å². The molecular formula is C8H7N3O3. The van der Waals surface area contributed by atoms with Gasteiger partial charge in [-0.3, -0.25) is 10.1 Å². The van der Waals surface area contributed by atoms with Gasteiger partial charge < -0.3 is 9.40 Å². The van der Waals surface area contributed by atoms with Crippen LogP contribution in [-0.2, 0) is 0 Å². The predicted molar refractivity (Wildman–Crippen MR) is 47.7 cm³/mol. The number of rotatable bonds is 2. The van der Waals surface area contributed by atoms with Crippen LogP contribution in [0, 0.1) is 17.0 Å². The lowest BCUT2D eigenvalue weighted by atomic mass is 10.4. The molecule has 0 fully saturated rings. The van der Waals surface area contributed by atoms with Crippen molar-refractivity contribution in [2.75, 3.05) is 0 Å². The second-order valence-corrected chi connectivity index (χ2v) is 2.81. The van der Waals surface area contributed by atoms with E-state index in [1.807, 2.05) is 6.92 Å². The molecule has 0 bridgehead atoms. The Bertz CT molecular complexity index is 472. The molecule has 0 spiro atoms. The smallest absolute Gasteiger partial charge is 0.397 e. The van der Waals surface area contributed by atoms with Crippen LogP contribution in [0.5, 0.6) is 0 Å². The molecule has 0 atom stereocenters. The highest BCUT2D eigenvalue weighted by atomic mass is 16.6. The first-order valence-corrected chi connectivity index (χ1v) is 3.93. The molecule has 0 unspecified atom stereocenters. The summed E-state index contributed by atoms with van der Waals surface area (Å²) in [6.07, 6.45) is 1.63. The summed E-state index contributed by atoms with van der Waals surface area (Å²) in [7, 11) is 0. The van der Waals surface area contributed by atoms with Gasteiger partial charge >= 0.3 is 5.88 Å². The topological polar surface area (TPSA) is 85.0 Å². The molecule has 6 heteroatoms. The molecule has 14 heavy (non-hydrogen) atoms. The molecule has 0 aromatic carbocycles. The summed E-state index contributed by atoms with van der Waals surface area (Å²) in [5, 5.41) is 10.3. The van der Waals surface area contributed by atoms with E-state index in [1.54, 1.807) is 6.20 Å². The second kappa shape index (κ2) is 2.99. The molecule has 1 N–H and O–H groups in total. The van der Waals surface area contributed by atoms with E-state index in [-0.39, 0.29) is 5.88 Å². The van der Waals surface area contributed by atoms with E-state index < -0.39 is 4.92 Å². The molecule has 0 aliphatic heterocycles. The number of aromatic amines is 1. The third kappa shape index (κ3) is 1.37. The molecule has 0 saturated heterocycles. The van der Waals surface area contributed by atoms with E-state index in [4.69, 9.17) is 4.42 Å². The number of nitrogens with zero attached hydrogens (tertiary/aromatic N) is 2. The number of nitro groups is 1. The molecule has 72 valence electrons. The lowest BCUT2D eigenvalue weighted by molar-refractivity contribution is -0.401. The van der Waals surface area contributed by atoms with Crippen molar-refractivity contribution in [3.05, 3.63) is 34.1 Å². The number of nitrogens with one attached hydrogen (secondary N) is 1. The first kappa shape index (κ1) is 8.49. The van der Waals surface area contributed by atoms with Crippen LogP contribution in [-0.4, -0.2) is 14.9 Å². The van der Waals surface area contributed by atoms with Gasteiger partial charge in [0, 0.05) is 11.9 Å². The normalized spacial score (nSPS) is 10.4. The molecule has 0 saturated carbocycles. The van der Waals surface area contributed by atoms with Gasteiger partial charge in [0.15, 0.2) is 11.6 Å². The van der Waals surface area contributed by atoms with E-state index >= 15 is 0 Å². The molecule has 0 aliphatic rings. The third-order valence-electron chi connectivity index (χ3n) is 1.71. The first-order valence-electron chi connectivity index (χ1n) is 3.93. The van der Waals surface area contributed by atoms with Crippen molar-refractivity contribution in [3.63, 3.8) is 0 Å². The maximum atomic E-state index is 10.3. The Morgan fingerprint density at radius 2 is 2.36 bits per heavy atom. The van der Waals surface area contributed by atoms with Gasteiger partial charge in [0.2, 0.25) is 0 Å². The first-order chi connectivity index (χ1) is 6.66. The maximum Gasteiger partial charge on any atom is 0.433 e. The Balaban J connectivity index is 2.38. The van der Waals surface area contributed by atoms with Crippen molar-refractivity contribution >= 4 is 5.88 Å². The number of H-pyrrole nitrogens is 1. The van der Waals surface area contributed by atoms with Crippen molar-refractivity contribution in [1.82, 2.24) is 9.97 Å². The predicted octanol–water partition coefficient (Wildman–Crippen LogP) is 1.89. The Morgan fingerprint density at radius 1 is 1.57 bits per heavy atom. The van der Waals surface area contributed by atoms with E-state index in [0.717, 1.165) is 5.69 Å². The van der Waals surface area contributed by atoms with E-state index in [0.29, 0.717) is 11.6 Å². The third-order valence-corrected chi connectivity index (χ3v) is 1.71. The molecule has 2 rings (SSSR count). The molecule has 2 heterocycles. The highest BCUT2D eigenvalue weighted by Gasteiger charge is 2.14. The van der Waals surface area contributed by atoms with Crippen molar-refractivity contribution in [2.45, 2.75) is 6.92 Å². The second-order valence-electron chi connectivity index (χ2n) is 2.81. The zero-order valence-corrected chi connectivity index (χ0v) is 7.35. The molecular weight excluding hydrogens is 186 g/mol. The van der Waals surface area contributed by atoms with Crippen molar-refractivity contribution in [3.8, 4) is 11.6 Å². The minimum atomic E-state index is -0.584. The summed E-state index contributed by atoms with van der Waals surface area (Å²) in [6, 6.07) is 2.81. The summed E-state index contributed by atoms with van der Waals surface area (Å²) >= 11 is 0. The number of aromatic nitrogens is 2. The van der Waals surface area contributed by atoms with Gasteiger partial charge in [-0.1, -0.05) is 0 Å². The van der Waals surface area contributed by atoms with Gasteiger partial charge in [-0.15, -0.1) is 0 Å². The van der Waals surface area contributed by atoms with Gasteiger partial charge in [0.05, 0.1) is 6.07 Å². The maximum absolute atomic E-state index is 10.3. The minimum Gasteiger partial charge on any atom is -0.397 e. The van der Waals surface area contributed by atoms with Crippen LogP contribution >= 0.6 is 0 Å². The summed E-state index contributed by atoms with van der Waals surface area (Å²) < 4.78 is 4.95. The molecule has 0 amide bonds. The fourth-order valence-corrected chi connectivity index (χ4v) is 1.09. The van der Waals surface area contributed by atoms with Gasteiger partial charge in [0.1, 0.15) is 4.92 Å². The zero-order valence-electron chi connectivity index (χ0n) is 7.35. The van der Waals surface area contributed by atoms with Gasteiger partial charge in [-0.05, 0) is 13.0 Å². The van der Waals surface area contributed by atoms with Crippen LogP contribution in [0.15, 0.2) is 22.7 Å². The molecule has 2 aromatic heterocycles. The quantitative estimate of drug-likeness (QED) is 0.582. The molecule has 6 nitrogen and oxygen atoms in total. The van der Waals surface area contributed by atoms with Crippen molar-refractivity contribution in [1.29, 1.82) is 0 Å². The number of furan rings is 1. The highest BCUT2D eigenvalue weighted by Crippen LogP contribution is 2.23. The fourth-order valence-electron chi connectivity index (χ4n) is 1.09. The van der Waals surface area contributed by atoms with Crippen LogP contribution in [0.1, 0.15) is 5.69 Å². The monoisotopic (exact) mass is 193 g/mol. The standard InChI is InChI=1S/C8H7N3O3/c1-5-4-9-8(10-5)6-2-3-7(14-6)11(12)13/h2-4H,1H3,(H,9,10). The van der Waals surface area contributed by atoms with Crippen molar-refractivity contribution < 1.29 is 9.34 Å². The van der Waals surface area contributed by atoms with E-state index in [2.05, 4.69) is 9.97 Å². The Labute approximate surface area is 78.7 Å². The largest absolute Gasteiger partial charge is 0.433 e. The average Bonchev–Trinajstić information content (AvgIpc) is 2.70. The number of hydrogen-bond donors (Lipinski definition) is 1. The lowest BCUT2D eigenvalue weighted by Crippen LogP contribution is -1.83. The lowest BCUT2D eigenvalue weighted by Gasteiger charge is -1.87. The molecule has 0 aliphatic carbocycles. The zero-order chi connectivity index (χ0) is 10.1. The molecule has 0 radical (unpaired) electrons. The average molecular weight is 193 g/mol. The number of hydrogen-bond acceptors (Lipinski definition) is 4. The summed E-state index contributed by atoms with van der Waals surface area (Å²) in [4.78, 5) is 16.7. The SMILES string of the molecule is Cc1cnc(-c2ccc([N+](=O)[O-])o2)[nH]1. The summed E-state index contributed by atoms with van der Waals surface area (Å²) in [5.74, 6) is 0.578. The van der Waals surface area contributed by atoms with Gasteiger partial charge in [-0.2, -0.15) is 0 Å². The van der Waals surface area contributed by atoms with Crippen LogP contribution in [0.4, 0.5) is 5.88 Å². The van der Waals surface area contributed by atoms with Crippen LogP contribution in [0.2, 0.25) is 0 Å². The fraction of sp³-hybridized carbons (Fsp3) is 0.125. The van der Waals surface area contributed by atoms with Crippen LogP contribution in [0.3, 0.4) is 0 Å². The molecule has 2 aromatic rings. The van der Waals surface area contributed by atoms with Crippen LogP contribution < -0.4 is 0 Å². The number of imidazole rings is 1. The summed E-state index contributed by atoms with van der Waals surface area (Å²) in [6.45, 7) is 1.84. The van der Waals surface area contributed by atoms with Crippen LogP contribution in [0.25, 0.3) is 11.6 Å². The minimum absolute atomic E-state index is 0.283. The van der Waals surface area contributed by atoms with E-state index in [9.17, 15) is 10.1 Å². The van der Waals surface area contributed by atoms with E-state index in [1.165, 1.54) is 12.1 Å².